The molecular weight excluding hydrogens is 295 g/mol. The zero-order valence-electron chi connectivity index (χ0n) is 9.95. The first kappa shape index (κ1) is 15.6. The lowest BCUT2D eigenvalue weighted by Crippen LogP contribution is -2.38. The molecule has 100 valence electrons. The molecule has 0 aliphatic carbocycles. The molecule has 1 saturated heterocycles. The van der Waals surface area contributed by atoms with Crippen molar-refractivity contribution in [2.24, 2.45) is 0 Å². The van der Waals surface area contributed by atoms with Gasteiger partial charge in [0.25, 0.3) is 5.91 Å². The van der Waals surface area contributed by atoms with Crippen molar-refractivity contribution in [2.45, 2.75) is 12.5 Å². The molecule has 1 aromatic rings. The minimum absolute atomic E-state index is 0. The number of amides is 1. The molecule has 1 aliphatic heterocycles. The number of hydrogen-bond donors (Lipinski definition) is 1. The van der Waals surface area contributed by atoms with Gasteiger partial charge in [0.15, 0.2) is 0 Å². The van der Waals surface area contributed by atoms with Crippen molar-refractivity contribution in [1.29, 1.82) is 0 Å². The minimum Gasteiger partial charge on any atom is -0.337 e. The Hall–Kier alpha value is -0.480. The summed E-state index contributed by atoms with van der Waals surface area (Å²) in [6, 6.07) is 5.23. The molecule has 0 bridgehead atoms. The van der Waals surface area contributed by atoms with Gasteiger partial charge in [-0.1, -0.05) is 23.2 Å². The maximum Gasteiger partial charge on any atom is 0.253 e. The fourth-order valence-corrected chi connectivity index (χ4v) is 2.27. The SMILES string of the molecule is CN(C(=O)c1ccc(Cl)c(Cl)c1)C1CCNC1.Cl. The Morgan fingerprint density at radius 2 is 2.11 bits per heavy atom. The van der Waals surface area contributed by atoms with Gasteiger partial charge in [0.05, 0.1) is 10.0 Å². The van der Waals surface area contributed by atoms with E-state index in [0.717, 1.165) is 19.5 Å². The highest BCUT2D eigenvalue weighted by Crippen LogP contribution is 2.23. The summed E-state index contributed by atoms with van der Waals surface area (Å²) in [5.41, 5.74) is 0.578. The fourth-order valence-electron chi connectivity index (χ4n) is 1.97. The van der Waals surface area contributed by atoms with E-state index in [4.69, 9.17) is 23.2 Å². The topological polar surface area (TPSA) is 32.3 Å². The van der Waals surface area contributed by atoms with Crippen molar-refractivity contribution >= 4 is 41.5 Å². The van der Waals surface area contributed by atoms with E-state index in [9.17, 15) is 4.79 Å². The van der Waals surface area contributed by atoms with E-state index in [-0.39, 0.29) is 24.4 Å². The largest absolute Gasteiger partial charge is 0.337 e. The van der Waals surface area contributed by atoms with E-state index in [1.165, 1.54) is 0 Å². The Bertz CT molecular complexity index is 433. The quantitative estimate of drug-likeness (QED) is 0.911. The van der Waals surface area contributed by atoms with Crippen molar-refractivity contribution in [3.8, 4) is 0 Å². The van der Waals surface area contributed by atoms with Gasteiger partial charge in [-0.05, 0) is 31.2 Å². The number of carbonyl (C=O) groups is 1. The number of carbonyl (C=O) groups excluding carboxylic acids is 1. The Labute approximate surface area is 123 Å². The number of likely N-dealkylation sites (N-methyl/N-ethyl adjacent to an activating group) is 1. The van der Waals surface area contributed by atoms with Crippen molar-refractivity contribution in [1.82, 2.24) is 10.2 Å². The molecule has 1 N–H and O–H groups in total. The van der Waals surface area contributed by atoms with Crippen molar-refractivity contribution < 1.29 is 4.79 Å². The molecule has 2 rings (SSSR count). The zero-order chi connectivity index (χ0) is 12.4. The van der Waals surface area contributed by atoms with E-state index in [1.807, 2.05) is 7.05 Å². The van der Waals surface area contributed by atoms with Crippen LogP contribution >= 0.6 is 35.6 Å². The molecule has 1 atom stereocenters. The van der Waals surface area contributed by atoms with Crippen LogP contribution in [0, 0.1) is 0 Å². The second kappa shape index (κ2) is 6.62. The molecule has 1 aliphatic rings. The summed E-state index contributed by atoms with van der Waals surface area (Å²) in [4.78, 5) is 14.0. The van der Waals surface area contributed by atoms with Gasteiger partial charge < -0.3 is 10.2 Å². The van der Waals surface area contributed by atoms with Crippen molar-refractivity contribution in [2.75, 3.05) is 20.1 Å². The lowest BCUT2D eigenvalue weighted by atomic mass is 10.1. The molecule has 0 radical (unpaired) electrons. The second-order valence-corrected chi connectivity index (χ2v) is 5.01. The summed E-state index contributed by atoms with van der Waals surface area (Å²) in [6.45, 7) is 1.81. The monoisotopic (exact) mass is 308 g/mol. The molecule has 0 aromatic heterocycles. The normalized spacial score (nSPS) is 18.3. The molecule has 1 aromatic carbocycles. The zero-order valence-corrected chi connectivity index (χ0v) is 12.3. The third-order valence-corrected chi connectivity index (χ3v) is 3.81. The van der Waals surface area contributed by atoms with E-state index < -0.39 is 0 Å². The second-order valence-electron chi connectivity index (χ2n) is 4.19. The fraction of sp³-hybridized carbons (Fsp3) is 0.417. The van der Waals surface area contributed by atoms with Gasteiger partial charge >= 0.3 is 0 Å². The van der Waals surface area contributed by atoms with Crippen molar-refractivity contribution in [3.05, 3.63) is 33.8 Å². The summed E-state index contributed by atoms with van der Waals surface area (Å²) in [6.07, 6.45) is 0.990. The maximum absolute atomic E-state index is 12.2. The van der Waals surface area contributed by atoms with E-state index >= 15 is 0 Å². The number of benzene rings is 1. The van der Waals surface area contributed by atoms with Crippen LogP contribution in [-0.2, 0) is 0 Å². The van der Waals surface area contributed by atoms with Crippen LogP contribution in [-0.4, -0.2) is 37.0 Å². The predicted octanol–water partition coefficient (Wildman–Crippen LogP) is 2.85. The van der Waals surface area contributed by atoms with Gasteiger partial charge in [-0.2, -0.15) is 0 Å². The van der Waals surface area contributed by atoms with Crippen LogP contribution in [0.4, 0.5) is 0 Å². The highest BCUT2D eigenvalue weighted by atomic mass is 35.5. The summed E-state index contributed by atoms with van der Waals surface area (Å²) in [5.74, 6) is -0.0164. The lowest BCUT2D eigenvalue weighted by Gasteiger charge is -2.23. The number of nitrogens with zero attached hydrogens (tertiary/aromatic N) is 1. The third kappa shape index (κ3) is 3.29. The number of halogens is 3. The van der Waals surface area contributed by atoms with Crippen LogP contribution in [0.1, 0.15) is 16.8 Å². The van der Waals surface area contributed by atoms with Crippen LogP contribution in [0.2, 0.25) is 10.0 Å². The molecule has 1 amide bonds. The summed E-state index contributed by atoms with van der Waals surface area (Å²) < 4.78 is 0. The third-order valence-electron chi connectivity index (χ3n) is 3.07. The molecular formula is C12H15Cl3N2O. The van der Waals surface area contributed by atoms with Crippen molar-refractivity contribution in [3.63, 3.8) is 0 Å². The predicted molar refractivity (Wildman–Crippen MR) is 77.1 cm³/mol. The Kier molecular flexibility index (Phi) is 5.73. The van der Waals surface area contributed by atoms with Crippen LogP contribution in [0.5, 0.6) is 0 Å². The average molecular weight is 310 g/mol. The van der Waals surface area contributed by atoms with Crippen LogP contribution in [0.3, 0.4) is 0 Å². The van der Waals surface area contributed by atoms with E-state index in [0.29, 0.717) is 15.6 Å². The maximum atomic E-state index is 12.2. The smallest absolute Gasteiger partial charge is 0.253 e. The average Bonchev–Trinajstić information content (AvgIpc) is 2.84. The van der Waals surface area contributed by atoms with Gasteiger partial charge in [-0.15, -0.1) is 12.4 Å². The Balaban J connectivity index is 0.00000162. The molecule has 6 heteroatoms. The number of hydrogen-bond acceptors (Lipinski definition) is 2. The number of nitrogens with one attached hydrogen (secondary N) is 1. The molecule has 0 saturated carbocycles. The first-order valence-electron chi connectivity index (χ1n) is 5.52. The van der Waals surface area contributed by atoms with Gasteiger partial charge in [0.1, 0.15) is 0 Å². The minimum atomic E-state index is -0.0164. The van der Waals surface area contributed by atoms with Crippen LogP contribution in [0.15, 0.2) is 18.2 Å². The molecule has 1 unspecified atom stereocenters. The molecule has 18 heavy (non-hydrogen) atoms. The van der Waals surface area contributed by atoms with Gasteiger partial charge in [-0.25, -0.2) is 0 Å². The van der Waals surface area contributed by atoms with E-state index in [2.05, 4.69) is 5.32 Å². The van der Waals surface area contributed by atoms with Gasteiger partial charge in [0, 0.05) is 25.2 Å². The first-order valence-corrected chi connectivity index (χ1v) is 6.28. The number of rotatable bonds is 2. The highest BCUT2D eigenvalue weighted by Gasteiger charge is 2.24. The van der Waals surface area contributed by atoms with Crippen LogP contribution < -0.4 is 5.32 Å². The molecule has 1 heterocycles. The molecule has 3 nitrogen and oxygen atoms in total. The van der Waals surface area contributed by atoms with Gasteiger partial charge in [0.2, 0.25) is 0 Å². The first-order chi connectivity index (χ1) is 8.09. The molecule has 1 fully saturated rings. The summed E-state index contributed by atoms with van der Waals surface area (Å²) >= 11 is 11.7. The van der Waals surface area contributed by atoms with E-state index in [1.54, 1.807) is 23.1 Å². The highest BCUT2D eigenvalue weighted by molar-refractivity contribution is 6.42. The van der Waals surface area contributed by atoms with Gasteiger partial charge in [-0.3, -0.25) is 4.79 Å². The standard InChI is InChI=1S/C12H14Cl2N2O.ClH/c1-16(9-4-5-15-7-9)12(17)8-2-3-10(13)11(14)6-8;/h2-3,6,9,15H,4-5,7H2,1H3;1H. The lowest BCUT2D eigenvalue weighted by molar-refractivity contribution is 0.0744. The molecule has 0 spiro atoms. The Morgan fingerprint density at radius 1 is 1.39 bits per heavy atom. The Morgan fingerprint density at radius 3 is 2.67 bits per heavy atom. The van der Waals surface area contributed by atoms with Crippen LogP contribution in [0.25, 0.3) is 0 Å². The summed E-state index contributed by atoms with van der Waals surface area (Å²) in [7, 11) is 1.82. The summed E-state index contributed by atoms with van der Waals surface area (Å²) in [5, 5.41) is 4.12.